The Morgan fingerprint density at radius 1 is 1.33 bits per heavy atom. The molecule has 0 amide bonds. The molecule has 1 unspecified atom stereocenters. The number of alkyl halides is 1. The molecule has 0 aromatic heterocycles. The van der Waals surface area contributed by atoms with Crippen LogP contribution in [0.15, 0.2) is 30.3 Å². The molecule has 66 valence electrons. The Morgan fingerprint density at radius 2 is 2.00 bits per heavy atom. The molecule has 0 radical (unpaired) electrons. The molecule has 1 rings (SSSR count). The molecule has 0 bridgehead atoms. The van der Waals surface area contributed by atoms with E-state index in [1.165, 1.54) is 0 Å². The Labute approximate surface area is 72.6 Å². The molecule has 0 spiro atoms. The standard InChI is InChI=1S/C10H14FN/c1-12-8-7-10(11)9-5-3-2-4-6-9/h2-6,10,12H,7-8H2,1H3. The average molecular weight is 167 g/mol. The third-order valence-electron chi connectivity index (χ3n) is 1.81. The number of hydrogen-bond donors (Lipinski definition) is 1. The summed E-state index contributed by atoms with van der Waals surface area (Å²) < 4.78 is 13.3. The van der Waals surface area contributed by atoms with Gasteiger partial charge in [-0.15, -0.1) is 0 Å². The van der Waals surface area contributed by atoms with Gasteiger partial charge in [0.2, 0.25) is 0 Å². The summed E-state index contributed by atoms with van der Waals surface area (Å²) in [6, 6.07) is 9.26. The van der Waals surface area contributed by atoms with Crippen LogP contribution >= 0.6 is 0 Å². The van der Waals surface area contributed by atoms with E-state index in [9.17, 15) is 4.39 Å². The molecule has 2 heteroatoms. The lowest BCUT2D eigenvalue weighted by molar-refractivity contribution is 0.321. The summed E-state index contributed by atoms with van der Waals surface area (Å²) in [5.74, 6) is 0. The van der Waals surface area contributed by atoms with Gasteiger partial charge in [0, 0.05) is 0 Å². The van der Waals surface area contributed by atoms with Crippen LogP contribution in [0.4, 0.5) is 4.39 Å². The van der Waals surface area contributed by atoms with Gasteiger partial charge in [0.05, 0.1) is 0 Å². The first-order valence-electron chi connectivity index (χ1n) is 4.18. The molecule has 0 fully saturated rings. The highest BCUT2D eigenvalue weighted by Gasteiger charge is 2.06. The monoisotopic (exact) mass is 167 g/mol. The van der Waals surface area contributed by atoms with Crippen LogP contribution in [-0.4, -0.2) is 13.6 Å². The van der Waals surface area contributed by atoms with Gasteiger partial charge >= 0.3 is 0 Å². The van der Waals surface area contributed by atoms with E-state index >= 15 is 0 Å². The van der Waals surface area contributed by atoms with E-state index in [0.717, 1.165) is 12.1 Å². The Kier molecular flexibility index (Phi) is 3.74. The van der Waals surface area contributed by atoms with Gasteiger partial charge in [-0.2, -0.15) is 0 Å². The summed E-state index contributed by atoms with van der Waals surface area (Å²) in [6.45, 7) is 0.718. The summed E-state index contributed by atoms with van der Waals surface area (Å²) in [6.07, 6.45) is -0.292. The van der Waals surface area contributed by atoms with Gasteiger partial charge in [-0.25, -0.2) is 4.39 Å². The van der Waals surface area contributed by atoms with Crippen LogP contribution in [-0.2, 0) is 0 Å². The second-order valence-corrected chi connectivity index (χ2v) is 2.77. The van der Waals surface area contributed by atoms with Gasteiger partial charge in [0.1, 0.15) is 6.17 Å². The molecule has 1 N–H and O–H groups in total. The van der Waals surface area contributed by atoms with Crippen LogP contribution in [0.2, 0.25) is 0 Å². The van der Waals surface area contributed by atoms with Gasteiger partial charge in [0.25, 0.3) is 0 Å². The smallest absolute Gasteiger partial charge is 0.126 e. The lowest BCUT2D eigenvalue weighted by atomic mass is 10.1. The zero-order chi connectivity index (χ0) is 8.81. The average Bonchev–Trinajstić information content (AvgIpc) is 2.15. The van der Waals surface area contributed by atoms with E-state index in [0.29, 0.717) is 6.42 Å². The predicted octanol–water partition coefficient (Wildman–Crippen LogP) is 2.31. The van der Waals surface area contributed by atoms with Gasteiger partial charge in [0.15, 0.2) is 0 Å². The Hall–Kier alpha value is -0.890. The van der Waals surface area contributed by atoms with Crippen LogP contribution < -0.4 is 5.32 Å². The quantitative estimate of drug-likeness (QED) is 0.725. The summed E-state index contributed by atoms with van der Waals surface area (Å²) in [4.78, 5) is 0. The minimum absolute atomic E-state index is 0.542. The van der Waals surface area contributed by atoms with Crippen LogP contribution in [0.1, 0.15) is 18.2 Å². The Morgan fingerprint density at radius 3 is 2.58 bits per heavy atom. The predicted molar refractivity (Wildman–Crippen MR) is 48.8 cm³/mol. The zero-order valence-electron chi connectivity index (χ0n) is 7.26. The van der Waals surface area contributed by atoms with E-state index in [-0.39, 0.29) is 0 Å². The van der Waals surface area contributed by atoms with Crippen molar-refractivity contribution in [2.75, 3.05) is 13.6 Å². The molecule has 1 nitrogen and oxygen atoms in total. The van der Waals surface area contributed by atoms with Crippen molar-refractivity contribution >= 4 is 0 Å². The van der Waals surface area contributed by atoms with Crippen molar-refractivity contribution in [2.45, 2.75) is 12.6 Å². The zero-order valence-corrected chi connectivity index (χ0v) is 7.26. The molecule has 1 aromatic rings. The molecule has 1 atom stereocenters. The van der Waals surface area contributed by atoms with Crippen molar-refractivity contribution in [1.29, 1.82) is 0 Å². The number of rotatable bonds is 4. The Bertz CT molecular complexity index is 210. The Balaban J connectivity index is 2.48. The normalized spacial score (nSPS) is 12.8. The summed E-state index contributed by atoms with van der Waals surface area (Å²) in [5, 5.41) is 2.93. The van der Waals surface area contributed by atoms with Gasteiger partial charge in [-0.05, 0) is 25.6 Å². The van der Waals surface area contributed by atoms with Crippen molar-refractivity contribution in [2.24, 2.45) is 0 Å². The van der Waals surface area contributed by atoms with E-state index in [2.05, 4.69) is 5.32 Å². The van der Waals surface area contributed by atoms with E-state index in [1.807, 2.05) is 37.4 Å². The molecular formula is C10H14FN. The maximum Gasteiger partial charge on any atom is 0.126 e. The van der Waals surface area contributed by atoms with E-state index in [4.69, 9.17) is 0 Å². The first kappa shape index (κ1) is 9.20. The molecule has 0 aliphatic rings. The van der Waals surface area contributed by atoms with Gasteiger partial charge < -0.3 is 5.32 Å². The topological polar surface area (TPSA) is 12.0 Å². The highest BCUT2D eigenvalue weighted by Crippen LogP contribution is 2.19. The fraction of sp³-hybridized carbons (Fsp3) is 0.400. The molecule has 1 aromatic carbocycles. The van der Waals surface area contributed by atoms with E-state index in [1.54, 1.807) is 0 Å². The molecule has 12 heavy (non-hydrogen) atoms. The van der Waals surface area contributed by atoms with Crippen molar-refractivity contribution in [3.8, 4) is 0 Å². The maximum absolute atomic E-state index is 13.3. The highest BCUT2D eigenvalue weighted by atomic mass is 19.1. The molecule has 0 aliphatic heterocycles. The summed E-state index contributed by atoms with van der Waals surface area (Å²) in [5.41, 5.74) is 0.771. The lowest BCUT2D eigenvalue weighted by Crippen LogP contribution is -2.10. The van der Waals surface area contributed by atoms with Crippen LogP contribution in [0.25, 0.3) is 0 Å². The fourth-order valence-electron chi connectivity index (χ4n) is 1.10. The molecular weight excluding hydrogens is 153 g/mol. The van der Waals surface area contributed by atoms with Crippen molar-refractivity contribution in [3.05, 3.63) is 35.9 Å². The van der Waals surface area contributed by atoms with Gasteiger partial charge in [-0.1, -0.05) is 30.3 Å². The lowest BCUT2D eigenvalue weighted by Gasteiger charge is -2.06. The first-order chi connectivity index (χ1) is 5.84. The van der Waals surface area contributed by atoms with Crippen LogP contribution in [0.3, 0.4) is 0 Å². The second-order valence-electron chi connectivity index (χ2n) is 2.77. The number of hydrogen-bond acceptors (Lipinski definition) is 1. The number of nitrogens with one attached hydrogen (secondary N) is 1. The van der Waals surface area contributed by atoms with Crippen molar-refractivity contribution < 1.29 is 4.39 Å². The van der Waals surface area contributed by atoms with Crippen molar-refractivity contribution in [1.82, 2.24) is 5.32 Å². The largest absolute Gasteiger partial charge is 0.320 e. The fourth-order valence-corrected chi connectivity index (χ4v) is 1.10. The van der Waals surface area contributed by atoms with Gasteiger partial charge in [-0.3, -0.25) is 0 Å². The van der Waals surface area contributed by atoms with Crippen LogP contribution in [0, 0.1) is 0 Å². The molecule has 0 saturated heterocycles. The maximum atomic E-state index is 13.3. The third kappa shape index (κ3) is 2.62. The third-order valence-corrected chi connectivity index (χ3v) is 1.81. The number of halogens is 1. The van der Waals surface area contributed by atoms with Crippen LogP contribution in [0.5, 0.6) is 0 Å². The molecule has 0 aliphatic carbocycles. The SMILES string of the molecule is CNCCC(F)c1ccccc1. The number of benzene rings is 1. The molecule has 0 heterocycles. The molecule has 0 saturated carbocycles. The minimum atomic E-state index is -0.835. The van der Waals surface area contributed by atoms with Crippen molar-refractivity contribution in [3.63, 3.8) is 0 Å². The summed E-state index contributed by atoms with van der Waals surface area (Å²) in [7, 11) is 1.83. The second kappa shape index (κ2) is 4.88. The first-order valence-corrected chi connectivity index (χ1v) is 4.18. The highest BCUT2D eigenvalue weighted by molar-refractivity contribution is 5.17. The van der Waals surface area contributed by atoms with E-state index < -0.39 is 6.17 Å². The minimum Gasteiger partial charge on any atom is -0.320 e. The summed E-state index contributed by atoms with van der Waals surface area (Å²) >= 11 is 0.